The van der Waals surface area contributed by atoms with Crippen LogP contribution in [0.1, 0.15) is 20.0 Å². The Bertz CT molecular complexity index is 668. The normalized spacial score (nSPS) is 10.1. The van der Waals surface area contributed by atoms with E-state index in [9.17, 15) is 14.7 Å². The summed E-state index contributed by atoms with van der Waals surface area (Å²) in [6, 6.07) is 6.08. The van der Waals surface area contributed by atoms with E-state index in [0.29, 0.717) is 15.0 Å². The maximum absolute atomic E-state index is 12.1. The number of benzene rings is 1. The summed E-state index contributed by atoms with van der Waals surface area (Å²) < 4.78 is 5.13. The molecular weight excluding hydrogens is 346 g/mol. The molecule has 0 aliphatic carbocycles. The molecule has 2 aromatic rings. The van der Waals surface area contributed by atoms with Crippen molar-refractivity contribution in [2.24, 2.45) is 0 Å². The predicted octanol–water partition coefficient (Wildman–Crippen LogP) is 3.26. The van der Waals surface area contributed by atoms with E-state index in [1.807, 2.05) is 0 Å². The molecule has 0 unspecified atom stereocenters. The number of anilines is 1. The zero-order valence-electron chi connectivity index (χ0n) is 10.3. The van der Waals surface area contributed by atoms with E-state index in [1.165, 1.54) is 24.5 Å². The molecule has 0 atom stereocenters. The first-order valence-electron chi connectivity index (χ1n) is 5.48. The van der Waals surface area contributed by atoms with Crippen LogP contribution in [-0.4, -0.2) is 24.1 Å². The molecule has 0 saturated carbocycles. The second kappa shape index (κ2) is 6.06. The van der Waals surface area contributed by atoms with Gasteiger partial charge in [-0.25, -0.2) is 4.79 Å². The minimum atomic E-state index is -0.506. The Hall–Kier alpha value is -1.86. The molecule has 1 heterocycles. The average molecular weight is 356 g/mol. The summed E-state index contributed by atoms with van der Waals surface area (Å²) in [4.78, 5) is 23.9. The number of amides is 1. The number of phenolic OH excluding ortho intramolecular Hbond substituents is 1. The quantitative estimate of drug-likeness (QED) is 0.828. The minimum Gasteiger partial charge on any atom is -0.507 e. The van der Waals surface area contributed by atoms with Crippen LogP contribution in [0, 0.1) is 0 Å². The molecule has 104 valence electrons. The third-order valence-electron chi connectivity index (χ3n) is 2.49. The van der Waals surface area contributed by atoms with Gasteiger partial charge in [0.2, 0.25) is 0 Å². The second-order valence-corrected chi connectivity index (χ2v) is 5.55. The summed E-state index contributed by atoms with van der Waals surface area (Å²) >= 11 is 4.32. The molecule has 1 aromatic heterocycles. The molecule has 0 fully saturated rings. The number of hydrogen-bond acceptors (Lipinski definition) is 5. The molecule has 7 heteroatoms. The molecule has 0 aliphatic rings. The van der Waals surface area contributed by atoms with Crippen molar-refractivity contribution >= 4 is 44.8 Å². The summed E-state index contributed by atoms with van der Waals surface area (Å²) in [7, 11) is 1.28. The SMILES string of the molecule is COC(=O)c1sccc1NC(=O)c1ccc(Br)c(O)c1. The van der Waals surface area contributed by atoms with Gasteiger partial charge in [0.05, 0.1) is 17.3 Å². The first kappa shape index (κ1) is 14.5. The summed E-state index contributed by atoms with van der Waals surface area (Å²) in [5.41, 5.74) is 0.668. The Morgan fingerprint density at radius 3 is 2.75 bits per heavy atom. The summed E-state index contributed by atoms with van der Waals surface area (Å²) in [5, 5.41) is 13.9. The van der Waals surface area contributed by atoms with Gasteiger partial charge in [-0.2, -0.15) is 0 Å². The number of thiophene rings is 1. The molecule has 5 nitrogen and oxygen atoms in total. The van der Waals surface area contributed by atoms with E-state index in [2.05, 4.69) is 26.0 Å². The van der Waals surface area contributed by atoms with Crippen molar-refractivity contribution in [3.05, 3.63) is 44.6 Å². The molecule has 2 rings (SSSR count). The van der Waals surface area contributed by atoms with Gasteiger partial charge < -0.3 is 15.2 Å². The maximum Gasteiger partial charge on any atom is 0.350 e. The highest BCUT2D eigenvalue weighted by Crippen LogP contribution is 2.26. The van der Waals surface area contributed by atoms with Crippen LogP contribution in [0.25, 0.3) is 0 Å². The number of esters is 1. The third-order valence-corrected chi connectivity index (χ3v) is 4.06. The standard InChI is InChI=1S/C13H10BrNO4S/c1-19-13(18)11-9(4-5-20-11)15-12(17)7-2-3-8(14)10(16)6-7/h2-6,16H,1H3,(H,15,17). The van der Waals surface area contributed by atoms with Gasteiger partial charge in [0.1, 0.15) is 10.6 Å². The lowest BCUT2D eigenvalue weighted by atomic mass is 10.2. The van der Waals surface area contributed by atoms with Crippen molar-refractivity contribution in [2.45, 2.75) is 0 Å². The Morgan fingerprint density at radius 1 is 1.35 bits per heavy atom. The number of carbonyl (C=O) groups excluding carboxylic acids is 2. The van der Waals surface area contributed by atoms with Gasteiger partial charge in [-0.1, -0.05) is 0 Å². The van der Waals surface area contributed by atoms with Crippen molar-refractivity contribution < 1.29 is 19.4 Å². The zero-order valence-corrected chi connectivity index (χ0v) is 12.7. The molecule has 1 amide bonds. The van der Waals surface area contributed by atoms with Crippen LogP contribution in [0.5, 0.6) is 5.75 Å². The topological polar surface area (TPSA) is 75.6 Å². The third kappa shape index (κ3) is 3.00. The van der Waals surface area contributed by atoms with Crippen LogP contribution in [0.15, 0.2) is 34.1 Å². The monoisotopic (exact) mass is 355 g/mol. The van der Waals surface area contributed by atoms with Gasteiger partial charge >= 0.3 is 5.97 Å². The van der Waals surface area contributed by atoms with Gasteiger partial charge in [0.25, 0.3) is 5.91 Å². The van der Waals surface area contributed by atoms with Gasteiger partial charge in [0, 0.05) is 5.56 Å². The van der Waals surface area contributed by atoms with Crippen molar-refractivity contribution in [1.82, 2.24) is 0 Å². The largest absolute Gasteiger partial charge is 0.507 e. The second-order valence-electron chi connectivity index (χ2n) is 3.78. The lowest BCUT2D eigenvalue weighted by Gasteiger charge is -2.06. The molecule has 2 N–H and O–H groups in total. The van der Waals surface area contributed by atoms with Crippen molar-refractivity contribution in [1.29, 1.82) is 0 Å². The zero-order chi connectivity index (χ0) is 14.7. The number of halogens is 1. The van der Waals surface area contributed by atoms with Crippen LogP contribution >= 0.6 is 27.3 Å². The summed E-state index contributed by atoms with van der Waals surface area (Å²) in [5.74, 6) is -0.957. The van der Waals surface area contributed by atoms with Crippen molar-refractivity contribution in [3.8, 4) is 5.75 Å². The average Bonchev–Trinajstić information content (AvgIpc) is 2.89. The molecular formula is C13H10BrNO4S. The fourth-order valence-electron chi connectivity index (χ4n) is 1.51. The lowest BCUT2D eigenvalue weighted by Crippen LogP contribution is -2.13. The molecule has 0 spiro atoms. The molecule has 0 radical (unpaired) electrons. The smallest absolute Gasteiger partial charge is 0.350 e. The highest BCUT2D eigenvalue weighted by atomic mass is 79.9. The highest BCUT2D eigenvalue weighted by molar-refractivity contribution is 9.10. The number of hydrogen-bond donors (Lipinski definition) is 2. The van der Waals surface area contributed by atoms with Crippen molar-refractivity contribution in [2.75, 3.05) is 12.4 Å². The Labute approximate surface area is 127 Å². The fraction of sp³-hybridized carbons (Fsp3) is 0.0769. The first-order chi connectivity index (χ1) is 9.52. The molecule has 0 aliphatic heterocycles. The summed E-state index contributed by atoms with van der Waals surface area (Å²) in [6.45, 7) is 0. The first-order valence-corrected chi connectivity index (χ1v) is 7.16. The summed E-state index contributed by atoms with van der Waals surface area (Å²) in [6.07, 6.45) is 0. The minimum absolute atomic E-state index is 0.0313. The molecule has 20 heavy (non-hydrogen) atoms. The fourth-order valence-corrected chi connectivity index (χ4v) is 2.52. The van der Waals surface area contributed by atoms with Gasteiger partial charge in [-0.05, 0) is 45.6 Å². The van der Waals surface area contributed by atoms with E-state index < -0.39 is 11.9 Å². The van der Waals surface area contributed by atoms with Crippen LogP contribution in [0.2, 0.25) is 0 Å². The Kier molecular flexibility index (Phi) is 4.41. The van der Waals surface area contributed by atoms with E-state index >= 15 is 0 Å². The van der Waals surface area contributed by atoms with Gasteiger partial charge in [-0.15, -0.1) is 11.3 Å². The number of carbonyl (C=O) groups is 2. The Morgan fingerprint density at radius 2 is 2.10 bits per heavy atom. The number of ether oxygens (including phenoxy) is 1. The Balaban J connectivity index is 2.22. The van der Waals surface area contributed by atoms with Gasteiger partial charge in [0.15, 0.2) is 0 Å². The molecule has 0 bridgehead atoms. The lowest BCUT2D eigenvalue weighted by molar-refractivity contribution is 0.0607. The maximum atomic E-state index is 12.1. The number of methoxy groups -OCH3 is 1. The number of phenols is 1. The van der Waals surface area contributed by atoms with Crippen LogP contribution in [0.3, 0.4) is 0 Å². The van der Waals surface area contributed by atoms with Crippen LogP contribution < -0.4 is 5.32 Å². The van der Waals surface area contributed by atoms with Crippen molar-refractivity contribution in [3.63, 3.8) is 0 Å². The van der Waals surface area contributed by atoms with E-state index in [4.69, 9.17) is 0 Å². The van der Waals surface area contributed by atoms with E-state index in [0.717, 1.165) is 0 Å². The van der Waals surface area contributed by atoms with E-state index in [-0.39, 0.29) is 11.3 Å². The molecule has 1 aromatic carbocycles. The van der Waals surface area contributed by atoms with Gasteiger partial charge in [-0.3, -0.25) is 4.79 Å². The predicted molar refractivity (Wildman–Crippen MR) is 79.4 cm³/mol. The number of aromatic hydroxyl groups is 1. The van der Waals surface area contributed by atoms with Crippen LogP contribution in [0.4, 0.5) is 5.69 Å². The van der Waals surface area contributed by atoms with E-state index in [1.54, 1.807) is 23.6 Å². The number of nitrogens with one attached hydrogen (secondary N) is 1. The molecule has 0 saturated heterocycles. The highest BCUT2D eigenvalue weighted by Gasteiger charge is 2.16. The number of rotatable bonds is 3. The van der Waals surface area contributed by atoms with Crippen LogP contribution in [-0.2, 0) is 4.74 Å².